The molecule has 0 spiro atoms. The molecule has 17 heavy (non-hydrogen) atoms. The van der Waals surface area contributed by atoms with E-state index in [0.717, 1.165) is 6.42 Å². The normalized spacial score (nSPS) is 13.1. The fourth-order valence-electron chi connectivity index (χ4n) is 1.97. The Kier molecular flexibility index (Phi) is 3.49. The van der Waals surface area contributed by atoms with Crippen molar-refractivity contribution in [3.05, 3.63) is 17.3 Å². The summed E-state index contributed by atoms with van der Waals surface area (Å²) in [6, 6.07) is 1.62. The van der Waals surface area contributed by atoms with Gasteiger partial charge in [-0.15, -0.1) is 0 Å². The van der Waals surface area contributed by atoms with Gasteiger partial charge in [0.05, 0.1) is 10.5 Å². The van der Waals surface area contributed by atoms with E-state index >= 15 is 0 Å². The molecule has 2 heterocycles. The number of aliphatic hydroxyl groups is 1. The Morgan fingerprint density at radius 3 is 2.94 bits per heavy atom. The summed E-state index contributed by atoms with van der Waals surface area (Å²) in [6.45, 7) is 2.05. The van der Waals surface area contributed by atoms with Crippen LogP contribution in [-0.4, -0.2) is 31.4 Å². The first kappa shape index (κ1) is 12.1. The second kappa shape index (κ2) is 4.89. The highest BCUT2D eigenvalue weighted by atomic mass is 35.5. The molecule has 92 valence electrons. The van der Waals surface area contributed by atoms with Crippen LogP contribution in [0.15, 0.2) is 12.3 Å². The average molecular weight is 256 g/mol. The highest BCUT2D eigenvalue weighted by molar-refractivity contribution is 6.31. The van der Waals surface area contributed by atoms with Crippen molar-refractivity contribution in [2.45, 2.75) is 25.8 Å². The Bertz CT molecular complexity index is 527. The van der Waals surface area contributed by atoms with Crippen LogP contribution in [0.1, 0.15) is 25.8 Å². The Balaban J connectivity index is 2.57. The highest BCUT2D eigenvalue weighted by Gasteiger charge is 2.18. The second-order valence-electron chi connectivity index (χ2n) is 3.85. The van der Waals surface area contributed by atoms with Gasteiger partial charge in [-0.25, -0.2) is 4.98 Å². The Morgan fingerprint density at radius 1 is 1.53 bits per heavy atom. The lowest BCUT2D eigenvalue weighted by molar-refractivity contribution is 0.248. The topological polar surface area (TPSA) is 71.2 Å². The van der Waals surface area contributed by atoms with Crippen molar-refractivity contribution >= 4 is 22.8 Å². The van der Waals surface area contributed by atoms with Crippen molar-refractivity contribution in [2.24, 2.45) is 0 Å². The molecule has 2 aromatic rings. The molecule has 0 aliphatic rings. The van der Waals surface area contributed by atoms with E-state index in [1.807, 2.05) is 6.92 Å². The van der Waals surface area contributed by atoms with Gasteiger partial charge in [0, 0.05) is 18.8 Å². The van der Waals surface area contributed by atoms with Crippen molar-refractivity contribution in [1.29, 1.82) is 0 Å². The molecule has 2 rings (SSSR count). The largest absolute Gasteiger partial charge is 0.480 e. The number of halogens is 1. The molecule has 0 aliphatic carbocycles. The minimum atomic E-state index is -0.0879. The Hall–Kier alpha value is -1.33. The number of aromatic hydroxyl groups is 1. The fourth-order valence-corrected chi connectivity index (χ4v) is 2.12. The zero-order valence-electron chi connectivity index (χ0n) is 9.47. The number of aromatic nitrogens is 3. The van der Waals surface area contributed by atoms with Gasteiger partial charge >= 0.3 is 0 Å². The van der Waals surface area contributed by atoms with Gasteiger partial charge in [-0.1, -0.05) is 18.5 Å². The lowest BCUT2D eigenvalue weighted by Gasteiger charge is -2.16. The van der Waals surface area contributed by atoms with Crippen molar-refractivity contribution in [2.75, 3.05) is 6.61 Å². The molecule has 0 bridgehead atoms. The first-order chi connectivity index (χ1) is 8.17. The molecular formula is C11H14ClN3O2. The maximum Gasteiger partial charge on any atom is 0.296 e. The lowest BCUT2D eigenvalue weighted by atomic mass is 10.1. The molecule has 0 aliphatic heterocycles. The second-order valence-corrected chi connectivity index (χ2v) is 4.29. The van der Waals surface area contributed by atoms with E-state index in [4.69, 9.17) is 16.7 Å². The van der Waals surface area contributed by atoms with Crippen LogP contribution in [0, 0.1) is 0 Å². The summed E-state index contributed by atoms with van der Waals surface area (Å²) in [7, 11) is 0. The molecule has 6 heteroatoms. The van der Waals surface area contributed by atoms with Crippen LogP contribution in [-0.2, 0) is 0 Å². The molecule has 0 amide bonds. The van der Waals surface area contributed by atoms with Crippen LogP contribution in [0.5, 0.6) is 6.01 Å². The molecule has 0 saturated carbocycles. The van der Waals surface area contributed by atoms with Gasteiger partial charge in [0.25, 0.3) is 6.01 Å². The van der Waals surface area contributed by atoms with Gasteiger partial charge in [0.15, 0.2) is 5.65 Å². The number of rotatable bonds is 4. The van der Waals surface area contributed by atoms with Gasteiger partial charge in [0.1, 0.15) is 0 Å². The molecular weight excluding hydrogens is 242 g/mol. The number of nitrogens with zero attached hydrogens (tertiary/aromatic N) is 3. The quantitative estimate of drug-likeness (QED) is 0.878. The maximum absolute atomic E-state index is 9.84. The standard InChI is InChI=1S/C11H14ClN3O2/c1-2-8(3-4-16)15-9-5-7(12)6-13-10(9)14-11(15)17/h5-6,8,16H,2-4H2,1H3,(H,13,14,17)/t8-/m0/s1. The number of imidazole rings is 1. The minimum Gasteiger partial charge on any atom is -0.480 e. The van der Waals surface area contributed by atoms with Crippen LogP contribution < -0.4 is 0 Å². The summed E-state index contributed by atoms with van der Waals surface area (Å²) >= 11 is 5.89. The molecule has 0 saturated heterocycles. The number of fused-ring (bicyclic) bond motifs is 1. The van der Waals surface area contributed by atoms with Crippen molar-refractivity contribution in [1.82, 2.24) is 14.5 Å². The zero-order chi connectivity index (χ0) is 12.4. The molecule has 2 N–H and O–H groups in total. The molecule has 1 atom stereocenters. The Labute approximate surface area is 104 Å². The third-order valence-electron chi connectivity index (χ3n) is 2.79. The monoisotopic (exact) mass is 255 g/mol. The van der Waals surface area contributed by atoms with Gasteiger partial charge < -0.3 is 10.2 Å². The Morgan fingerprint density at radius 2 is 2.29 bits per heavy atom. The fraction of sp³-hybridized carbons (Fsp3) is 0.455. The predicted octanol–water partition coefficient (Wildman–Crippen LogP) is 2.12. The number of hydrogen-bond donors (Lipinski definition) is 2. The van der Waals surface area contributed by atoms with Crippen LogP contribution in [0.3, 0.4) is 0 Å². The number of pyridine rings is 1. The first-order valence-electron chi connectivity index (χ1n) is 5.50. The van der Waals surface area contributed by atoms with E-state index in [-0.39, 0.29) is 18.7 Å². The summed E-state index contributed by atoms with van der Waals surface area (Å²) < 4.78 is 1.67. The van der Waals surface area contributed by atoms with Gasteiger partial charge in [0.2, 0.25) is 0 Å². The zero-order valence-corrected chi connectivity index (χ0v) is 10.2. The highest BCUT2D eigenvalue weighted by Crippen LogP contribution is 2.29. The van der Waals surface area contributed by atoms with E-state index < -0.39 is 0 Å². The van der Waals surface area contributed by atoms with E-state index in [2.05, 4.69) is 9.97 Å². The lowest BCUT2D eigenvalue weighted by Crippen LogP contribution is -2.09. The molecule has 0 radical (unpaired) electrons. The molecule has 5 nitrogen and oxygen atoms in total. The summed E-state index contributed by atoms with van der Waals surface area (Å²) in [6.07, 6.45) is 2.84. The average Bonchev–Trinajstić information content (AvgIpc) is 2.62. The summed E-state index contributed by atoms with van der Waals surface area (Å²) in [5, 5.41) is 19.4. The SMILES string of the molecule is CC[C@@H](CCO)n1c(O)nc2ncc(Cl)cc21. The molecule has 0 aromatic carbocycles. The van der Waals surface area contributed by atoms with Gasteiger partial charge in [-0.05, 0) is 18.9 Å². The van der Waals surface area contributed by atoms with Gasteiger partial charge in [-0.3, -0.25) is 4.57 Å². The number of aliphatic hydroxyl groups excluding tert-OH is 1. The molecule has 0 unspecified atom stereocenters. The van der Waals surface area contributed by atoms with Crippen LogP contribution in [0.4, 0.5) is 0 Å². The van der Waals surface area contributed by atoms with E-state index in [9.17, 15) is 5.11 Å². The smallest absolute Gasteiger partial charge is 0.296 e. The van der Waals surface area contributed by atoms with E-state index in [1.54, 1.807) is 10.6 Å². The van der Waals surface area contributed by atoms with E-state index in [0.29, 0.717) is 22.6 Å². The van der Waals surface area contributed by atoms with Crippen LogP contribution in [0.2, 0.25) is 5.02 Å². The van der Waals surface area contributed by atoms with E-state index in [1.165, 1.54) is 6.20 Å². The summed E-state index contributed by atoms with van der Waals surface area (Å²) in [5.41, 5.74) is 1.15. The van der Waals surface area contributed by atoms with Crippen molar-refractivity contribution < 1.29 is 10.2 Å². The maximum atomic E-state index is 9.84. The van der Waals surface area contributed by atoms with Crippen molar-refractivity contribution in [3.8, 4) is 6.01 Å². The van der Waals surface area contributed by atoms with Gasteiger partial charge in [-0.2, -0.15) is 4.98 Å². The minimum absolute atomic E-state index is 0.00901. The van der Waals surface area contributed by atoms with Crippen LogP contribution >= 0.6 is 11.6 Å². The summed E-state index contributed by atoms with van der Waals surface area (Å²) in [5.74, 6) is 0. The third kappa shape index (κ3) is 2.21. The third-order valence-corrected chi connectivity index (χ3v) is 3.00. The first-order valence-corrected chi connectivity index (χ1v) is 5.88. The van der Waals surface area contributed by atoms with Crippen LogP contribution in [0.25, 0.3) is 11.2 Å². The summed E-state index contributed by atoms with van der Waals surface area (Å²) in [4.78, 5) is 8.03. The molecule has 0 fully saturated rings. The number of hydrogen-bond acceptors (Lipinski definition) is 4. The predicted molar refractivity (Wildman–Crippen MR) is 65.2 cm³/mol. The molecule has 2 aromatic heterocycles. The van der Waals surface area contributed by atoms with Crippen molar-refractivity contribution in [3.63, 3.8) is 0 Å².